The van der Waals surface area contributed by atoms with Crippen LogP contribution in [0.2, 0.25) is 0 Å². The second-order valence-corrected chi connectivity index (χ2v) is 8.01. The highest BCUT2D eigenvalue weighted by molar-refractivity contribution is 7.80. The molecule has 1 heterocycles. The summed E-state index contributed by atoms with van der Waals surface area (Å²) in [6, 6.07) is 3.04. The van der Waals surface area contributed by atoms with E-state index in [0.717, 1.165) is 29.7 Å². The molecule has 31 heavy (non-hydrogen) atoms. The van der Waals surface area contributed by atoms with Crippen molar-refractivity contribution in [1.29, 1.82) is 0 Å². The van der Waals surface area contributed by atoms with E-state index in [-0.39, 0.29) is 10.7 Å². The fourth-order valence-corrected chi connectivity index (χ4v) is 4.84. The predicted octanol–water partition coefficient (Wildman–Crippen LogP) is 2.68. The largest absolute Gasteiger partial charge is 0.493 e. The maximum absolute atomic E-state index is 12.6. The normalized spacial score (nSPS) is 11.9. The quantitative estimate of drug-likeness (QED) is 0.337. The molecule has 0 saturated heterocycles. The standard InChI is InChI=1S/C20H23N3O6S2/c1-26-12-8-10(9-13(27-2)16(12)28-3)17(24)22-23-20(30)21-18-15(19(25)29-4)11-6-5-7-14(11)31-18/h8-9H,5-7H2,1-4H3,(H,22,24)(H2,21,23,30). The van der Waals surface area contributed by atoms with Crippen LogP contribution in [0.1, 0.15) is 37.6 Å². The maximum Gasteiger partial charge on any atom is 0.341 e. The molecular weight excluding hydrogens is 442 g/mol. The maximum atomic E-state index is 12.6. The Morgan fingerprint density at radius 2 is 1.68 bits per heavy atom. The predicted molar refractivity (Wildman–Crippen MR) is 121 cm³/mol. The van der Waals surface area contributed by atoms with Gasteiger partial charge < -0.3 is 24.3 Å². The highest BCUT2D eigenvalue weighted by Gasteiger charge is 2.27. The van der Waals surface area contributed by atoms with Crippen molar-refractivity contribution in [3.05, 3.63) is 33.7 Å². The van der Waals surface area contributed by atoms with Crippen LogP contribution >= 0.6 is 23.6 Å². The Morgan fingerprint density at radius 1 is 1.00 bits per heavy atom. The Bertz CT molecular complexity index is 996. The van der Waals surface area contributed by atoms with Crippen molar-refractivity contribution < 1.29 is 28.5 Å². The van der Waals surface area contributed by atoms with E-state index in [9.17, 15) is 9.59 Å². The zero-order valence-electron chi connectivity index (χ0n) is 17.5. The van der Waals surface area contributed by atoms with Gasteiger partial charge in [-0.1, -0.05) is 0 Å². The van der Waals surface area contributed by atoms with Gasteiger partial charge >= 0.3 is 5.97 Å². The molecule has 1 aromatic heterocycles. The molecule has 166 valence electrons. The van der Waals surface area contributed by atoms with Crippen LogP contribution in [-0.4, -0.2) is 45.4 Å². The summed E-state index contributed by atoms with van der Waals surface area (Å²) in [4.78, 5) is 26.0. The number of hydrogen-bond donors (Lipinski definition) is 3. The van der Waals surface area contributed by atoms with Crippen molar-refractivity contribution in [3.8, 4) is 17.2 Å². The number of methoxy groups -OCH3 is 4. The van der Waals surface area contributed by atoms with E-state index in [0.29, 0.717) is 27.8 Å². The van der Waals surface area contributed by atoms with Crippen LogP contribution in [-0.2, 0) is 17.6 Å². The minimum Gasteiger partial charge on any atom is -0.493 e. The molecule has 3 N–H and O–H groups in total. The number of carbonyl (C=O) groups is 2. The Hall–Kier alpha value is -3.05. The Balaban J connectivity index is 1.70. The first-order chi connectivity index (χ1) is 14.9. The molecule has 11 heteroatoms. The number of thiophene rings is 1. The number of hydrazine groups is 1. The number of anilines is 1. The van der Waals surface area contributed by atoms with E-state index in [1.807, 2.05) is 0 Å². The molecule has 2 aromatic rings. The number of benzene rings is 1. The molecule has 0 unspecified atom stereocenters. The first kappa shape index (κ1) is 22.6. The monoisotopic (exact) mass is 465 g/mol. The van der Waals surface area contributed by atoms with Crippen molar-refractivity contribution in [1.82, 2.24) is 10.9 Å². The zero-order valence-corrected chi connectivity index (χ0v) is 19.2. The lowest BCUT2D eigenvalue weighted by molar-refractivity contribution is 0.0601. The first-order valence-corrected chi connectivity index (χ1v) is 10.6. The Kier molecular flexibility index (Phi) is 7.18. The molecule has 1 aliphatic rings. The summed E-state index contributed by atoms with van der Waals surface area (Å²) in [6.07, 6.45) is 2.76. The lowest BCUT2D eigenvalue weighted by Crippen LogP contribution is -2.43. The second kappa shape index (κ2) is 9.84. The van der Waals surface area contributed by atoms with Crippen molar-refractivity contribution >= 4 is 45.5 Å². The number of carbonyl (C=O) groups excluding carboxylic acids is 2. The van der Waals surface area contributed by atoms with Gasteiger partial charge in [0.25, 0.3) is 5.91 Å². The van der Waals surface area contributed by atoms with Gasteiger partial charge in [-0.15, -0.1) is 11.3 Å². The minimum absolute atomic E-state index is 0.130. The van der Waals surface area contributed by atoms with Gasteiger partial charge in [0.1, 0.15) is 5.00 Å². The summed E-state index contributed by atoms with van der Waals surface area (Å²) >= 11 is 6.74. The van der Waals surface area contributed by atoms with Gasteiger partial charge in [-0.25, -0.2) is 4.79 Å². The average Bonchev–Trinajstić information content (AvgIpc) is 3.36. The van der Waals surface area contributed by atoms with Crippen LogP contribution in [0.15, 0.2) is 12.1 Å². The molecule has 0 radical (unpaired) electrons. The van der Waals surface area contributed by atoms with Crippen molar-refractivity contribution in [3.63, 3.8) is 0 Å². The van der Waals surface area contributed by atoms with Crippen LogP contribution < -0.4 is 30.4 Å². The number of fused-ring (bicyclic) bond motifs is 1. The Labute approximate surface area is 189 Å². The van der Waals surface area contributed by atoms with E-state index in [1.165, 1.54) is 51.9 Å². The molecule has 0 aliphatic heterocycles. The molecule has 1 aromatic carbocycles. The number of hydrogen-bond acceptors (Lipinski definition) is 8. The Morgan fingerprint density at radius 3 is 2.26 bits per heavy atom. The summed E-state index contributed by atoms with van der Waals surface area (Å²) in [6.45, 7) is 0. The van der Waals surface area contributed by atoms with Crippen molar-refractivity contribution in [2.24, 2.45) is 0 Å². The van der Waals surface area contributed by atoms with Gasteiger partial charge in [0.05, 0.1) is 34.0 Å². The van der Waals surface area contributed by atoms with Crippen LogP contribution in [0, 0.1) is 0 Å². The summed E-state index contributed by atoms with van der Waals surface area (Å²) in [5, 5.41) is 3.70. The van der Waals surface area contributed by atoms with E-state index in [1.54, 1.807) is 0 Å². The topological polar surface area (TPSA) is 107 Å². The van der Waals surface area contributed by atoms with Crippen molar-refractivity contribution in [2.75, 3.05) is 33.8 Å². The molecule has 9 nitrogen and oxygen atoms in total. The van der Waals surface area contributed by atoms with E-state index < -0.39 is 11.9 Å². The molecule has 1 aliphatic carbocycles. The van der Waals surface area contributed by atoms with Crippen LogP contribution in [0.25, 0.3) is 0 Å². The smallest absolute Gasteiger partial charge is 0.341 e. The van der Waals surface area contributed by atoms with Gasteiger partial charge in [-0.05, 0) is 49.2 Å². The minimum atomic E-state index is -0.467. The van der Waals surface area contributed by atoms with Crippen LogP contribution in [0.5, 0.6) is 17.2 Å². The van der Waals surface area contributed by atoms with Gasteiger partial charge in [0.15, 0.2) is 16.6 Å². The highest BCUT2D eigenvalue weighted by atomic mass is 32.1. The van der Waals surface area contributed by atoms with E-state index in [4.69, 9.17) is 31.2 Å². The zero-order chi connectivity index (χ0) is 22.5. The summed E-state index contributed by atoms with van der Waals surface area (Å²) < 4.78 is 20.7. The molecule has 0 bridgehead atoms. The molecule has 0 spiro atoms. The summed E-state index contributed by atoms with van der Waals surface area (Å²) in [5.74, 6) is 0.205. The van der Waals surface area contributed by atoms with Crippen LogP contribution in [0.3, 0.4) is 0 Å². The van der Waals surface area contributed by atoms with Crippen molar-refractivity contribution in [2.45, 2.75) is 19.3 Å². The second-order valence-electron chi connectivity index (χ2n) is 6.50. The number of esters is 1. The third-order valence-corrected chi connectivity index (χ3v) is 6.17. The number of amides is 1. The fraction of sp³-hybridized carbons (Fsp3) is 0.350. The number of nitrogens with one attached hydrogen (secondary N) is 3. The van der Waals surface area contributed by atoms with Crippen LogP contribution in [0.4, 0.5) is 5.00 Å². The molecule has 3 rings (SSSR count). The molecule has 0 atom stereocenters. The lowest BCUT2D eigenvalue weighted by atomic mass is 10.1. The number of ether oxygens (including phenoxy) is 4. The highest BCUT2D eigenvalue weighted by Crippen LogP contribution is 2.40. The molecule has 0 saturated carbocycles. The fourth-order valence-electron chi connectivity index (χ4n) is 3.34. The summed E-state index contributed by atoms with van der Waals surface area (Å²) in [5.41, 5.74) is 6.94. The first-order valence-electron chi connectivity index (χ1n) is 9.33. The van der Waals surface area contributed by atoms with Gasteiger partial charge in [0, 0.05) is 10.4 Å². The average molecular weight is 466 g/mol. The van der Waals surface area contributed by atoms with E-state index in [2.05, 4.69) is 16.2 Å². The molecule has 0 fully saturated rings. The van der Waals surface area contributed by atoms with E-state index >= 15 is 0 Å². The number of aryl methyl sites for hydroxylation is 1. The third-order valence-electron chi connectivity index (χ3n) is 4.75. The third kappa shape index (κ3) is 4.67. The lowest BCUT2D eigenvalue weighted by Gasteiger charge is -2.15. The van der Waals surface area contributed by atoms with Gasteiger partial charge in [0.2, 0.25) is 5.75 Å². The molecule has 1 amide bonds. The molecular formula is C20H23N3O6S2. The number of rotatable bonds is 6. The van der Waals surface area contributed by atoms with Gasteiger partial charge in [-0.3, -0.25) is 15.6 Å². The summed E-state index contributed by atoms with van der Waals surface area (Å²) in [7, 11) is 5.76. The van der Waals surface area contributed by atoms with Gasteiger partial charge in [-0.2, -0.15) is 0 Å². The number of thiocarbonyl (C=S) groups is 1. The SMILES string of the molecule is COC(=O)c1c(NC(=S)NNC(=O)c2cc(OC)c(OC)c(OC)c2)sc2c1CCC2.